The molecule has 1 aromatic carbocycles. The van der Waals surface area contributed by atoms with E-state index in [-0.39, 0.29) is 6.54 Å². The van der Waals surface area contributed by atoms with Gasteiger partial charge < -0.3 is 4.90 Å². The molecule has 1 aliphatic heterocycles. The second kappa shape index (κ2) is 8.20. The van der Waals surface area contributed by atoms with Crippen LogP contribution >= 0.6 is 11.6 Å². The first kappa shape index (κ1) is 20.4. The van der Waals surface area contributed by atoms with E-state index in [9.17, 15) is 13.6 Å². The molecule has 162 valence electrons. The number of halogens is 3. The molecule has 4 aromatic rings. The summed E-state index contributed by atoms with van der Waals surface area (Å²) in [5, 5.41) is 0.312. The standard InChI is InChI=1S/C23H18ClF2N5O/c24-20-6-5-16(13-28-20)30-11-12-31(23(30)32)21-18(17-3-1-2-4-19(17)26)7-9-27-22(21)29-10-8-15(25)14-29/h1-7,9,11-13,15H,8,10,14H2/t15-/m0/s1. The number of anilines is 1. The molecule has 3 aromatic heterocycles. The molecule has 0 bridgehead atoms. The van der Waals surface area contributed by atoms with E-state index in [1.165, 1.54) is 21.4 Å². The van der Waals surface area contributed by atoms with Crippen molar-refractivity contribution in [2.45, 2.75) is 12.6 Å². The Balaban J connectivity index is 1.73. The van der Waals surface area contributed by atoms with Crippen molar-refractivity contribution >= 4 is 17.4 Å². The van der Waals surface area contributed by atoms with Gasteiger partial charge in [-0.2, -0.15) is 0 Å². The largest absolute Gasteiger partial charge is 0.352 e. The van der Waals surface area contributed by atoms with Gasteiger partial charge in [0.1, 0.15) is 22.8 Å². The molecule has 0 unspecified atom stereocenters. The number of hydrogen-bond acceptors (Lipinski definition) is 4. The first-order valence-electron chi connectivity index (χ1n) is 10.1. The molecule has 5 rings (SSSR count). The molecule has 0 aliphatic carbocycles. The van der Waals surface area contributed by atoms with Crippen molar-refractivity contribution in [1.82, 2.24) is 19.1 Å². The second-order valence-electron chi connectivity index (χ2n) is 7.50. The van der Waals surface area contributed by atoms with Crippen LogP contribution in [0.1, 0.15) is 6.42 Å². The monoisotopic (exact) mass is 453 g/mol. The van der Waals surface area contributed by atoms with Crippen molar-refractivity contribution in [3.05, 3.63) is 88.7 Å². The van der Waals surface area contributed by atoms with Crippen LogP contribution in [-0.4, -0.2) is 38.4 Å². The van der Waals surface area contributed by atoms with E-state index < -0.39 is 17.7 Å². The molecule has 1 atom stereocenters. The Morgan fingerprint density at radius 2 is 1.81 bits per heavy atom. The van der Waals surface area contributed by atoms with E-state index in [1.54, 1.807) is 59.9 Å². The van der Waals surface area contributed by atoms with Crippen molar-refractivity contribution in [3.8, 4) is 22.5 Å². The third-order valence-electron chi connectivity index (χ3n) is 5.51. The van der Waals surface area contributed by atoms with E-state index in [4.69, 9.17) is 11.6 Å². The van der Waals surface area contributed by atoms with Crippen molar-refractivity contribution in [2.75, 3.05) is 18.0 Å². The highest BCUT2D eigenvalue weighted by Gasteiger charge is 2.28. The quantitative estimate of drug-likeness (QED) is 0.429. The fourth-order valence-corrected chi connectivity index (χ4v) is 4.08. The predicted molar refractivity (Wildman–Crippen MR) is 119 cm³/mol. The minimum Gasteiger partial charge on any atom is -0.352 e. The van der Waals surface area contributed by atoms with Gasteiger partial charge in [0.15, 0.2) is 5.82 Å². The fourth-order valence-electron chi connectivity index (χ4n) is 3.97. The minimum atomic E-state index is -0.983. The molecule has 6 nitrogen and oxygen atoms in total. The van der Waals surface area contributed by atoms with E-state index in [0.717, 1.165) is 0 Å². The van der Waals surface area contributed by atoms with Gasteiger partial charge in [-0.15, -0.1) is 0 Å². The maximum absolute atomic E-state index is 14.7. The zero-order valence-electron chi connectivity index (χ0n) is 16.8. The third-order valence-corrected chi connectivity index (χ3v) is 5.73. The molecule has 0 radical (unpaired) electrons. The molecule has 0 amide bonds. The number of hydrogen-bond donors (Lipinski definition) is 0. The smallest absolute Gasteiger partial charge is 0.337 e. The SMILES string of the molecule is O=c1n(-c2ccc(Cl)nc2)ccn1-c1c(-c2ccccc2F)ccnc1N1CC[C@H](F)C1. The number of pyridine rings is 2. The number of alkyl halides is 1. The van der Waals surface area contributed by atoms with Crippen LogP contribution < -0.4 is 10.6 Å². The number of benzene rings is 1. The van der Waals surface area contributed by atoms with Crippen LogP contribution in [0.3, 0.4) is 0 Å². The Morgan fingerprint density at radius 3 is 2.53 bits per heavy atom. The molecule has 1 aliphatic rings. The fraction of sp³-hybridized carbons (Fsp3) is 0.174. The van der Waals surface area contributed by atoms with Crippen LogP contribution in [0.15, 0.2) is 72.0 Å². The predicted octanol–water partition coefficient (Wildman–Crippen LogP) is 4.43. The topological polar surface area (TPSA) is 56.0 Å². The van der Waals surface area contributed by atoms with Crippen LogP contribution in [0, 0.1) is 5.82 Å². The van der Waals surface area contributed by atoms with Gasteiger partial charge in [0, 0.05) is 36.3 Å². The maximum Gasteiger partial charge on any atom is 0.337 e. The van der Waals surface area contributed by atoms with Crippen LogP contribution in [0.5, 0.6) is 0 Å². The Morgan fingerprint density at radius 1 is 1.00 bits per heavy atom. The molecular weight excluding hydrogens is 436 g/mol. The van der Waals surface area contributed by atoms with E-state index >= 15 is 0 Å². The lowest BCUT2D eigenvalue weighted by molar-refractivity contribution is 0.364. The summed E-state index contributed by atoms with van der Waals surface area (Å²) in [5.74, 6) is 0.00468. The summed E-state index contributed by atoms with van der Waals surface area (Å²) < 4.78 is 31.6. The third kappa shape index (κ3) is 3.56. The lowest BCUT2D eigenvalue weighted by Crippen LogP contribution is -2.27. The van der Waals surface area contributed by atoms with Crippen molar-refractivity contribution in [1.29, 1.82) is 0 Å². The maximum atomic E-state index is 14.7. The van der Waals surface area contributed by atoms with Crippen molar-refractivity contribution in [3.63, 3.8) is 0 Å². The number of rotatable bonds is 4. The van der Waals surface area contributed by atoms with Crippen molar-refractivity contribution < 1.29 is 8.78 Å². The number of imidazole rings is 1. The first-order chi connectivity index (χ1) is 15.5. The summed E-state index contributed by atoms with van der Waals surface area (Å²) in [6, 6.07) is 11.3. The summed E-state index contributed by atoms with van der Waals surface area (Å²) >= 11 is 5.87. The summed E-state index contributed by atoms with van der Waals surface area (Å²) in [7, 11) is 0. The first-order valence-corrected chi connectivity index (χ1v) is 10.5. The zero-order valence-corrected chi connectivity index (χ0v) is 17.6. The Labute approximate surface area is 187 Å². The number of aromatic nitrogens is 4. The van der Waals surface area contributed by atoms with Gasteiger partial charge in [-0.05, 0) is 30.7 Å². The second-order valence-corrected chi connectivity index (χ2v) is 7.89. The van der Waals surface area contributed by atoms with Gasteiger partial charge in [-0.3, -0.25) is 9.13 Å². The molecule has 1 saturated heterocycles. The summed E-state index contributed by atoms with van der Waals surface area (Å²) in [6.45, 7) is 0.621. The summed E-state index contributed by atoms with van der Waals surface area (Å²) in [6.07, 6.45) is 5.61. The molecular formula is C23H18ClF2N5O. The number of nitrogens with zero attached hydrogens (tertiary/aromatic N) is 5. The summed E-state index contributed by atoms with van der Waals surface area (Å²) in [5.41, 5.74) is 1.36. The lowest BCUT2D eigenvalue weighted by atomic mass is 10.0. The summed E-state index contributed by atoms with van der Waals surface area (Å²) in [4.78, 5) is 23.7. The average Bonchev–Trinajstić information content (AvgIpc) is 3.40. The van der Waals surface area contributed by atoms with Crippen LogP contribution in [0.2, 0.25) is 5.15 Å². The highest BCUT2D eigenvalue weighted by atomic mass is 35.5. The van der Waals surface area contributed by atoms with Gasteiger partial charge in [0.2, 0.25) is 0 Å². The van der Waals surface area contributed by atoms with E-state index in [2.05, 4.69) is 9.97 Å². The molecule has 4 heterocycles. The Hall–Kier alpha value is -3.52. The molecule has 32 heavy (non-hydrogen) atoms. The van der Waals surface area contributed by atoms with E-state index in [1.807, 2.05) is 0 Å². The van der Waals surface area contributed by atoms with Gasteiger partial charge in [-0.25, -0.2) is 23.5 Å². The molecule has 0 saturated carbocycles. The normalized spacial score (nSPS) is 16.0. The molecule has 1 fully saturated rings. The van der Waals surface area contributed by atoms with Crippen LogP contribution in [0.4, 0.5) is 14.6 Å². The van der Waals surface area contributed by atoms with Gasteiger partial charge in [0.05, 0.1) is 18.4 Å². The lowest BCUT2D eigenvalue weighted by Gasteiger charge is -2.22. The highest BCUT2D eigenvalue weighted by Crippen LogP contribution is 2.35. The molecule has 0 spiro atoms. The van der Waals surface area contributed by atoms with Crippen LogP contribution in [0.25, 0.3) is 22.5 Å². The van der Waals surface area contributed by atoms with Gasteiger partial charge in [-0.1, -0.05) is 29.8 Å². The van der Waals surface area contributed by atoms with Crippen LogP contribution in [-0.2, 0) is 0 Å². The van der Waals surface area contributed by atoms with Crippen molar-refractivity contribution in [2.24, 2.45) is 0 Å². The Kier molecular flexibility index (Phi) is 5.22. The van der Waals surface area contributed by atoms with Gasteiger partial charge in [0.25, 0.3) is 0 Å². The highest BCUT2D eigenvalue weighted by molar-refractivity contribution is 6.29. The Bertz CT molecular complexity index is 1330. The van der Waals surface area contributed by atoms with E-state index in [0.29, 0.717) is 46.4 Å². The molecule has 0 N–H and O–H groups in total. The molecule has 9 heteroatoms. The minimum absolute atomic E-state index is 0.164. The van der Waals surface area contributed by atoms with Gasteiger partial charge >= 0.3 is 5.69 Å². The average molecular weight is 454 g/mol. The zero-order chi connectivity index (χ0) is 22.2.